The van der Waals surface area contributed by atoms with Gasteiger partial charge in [-0.05, 0) is 0 Å². The molecule has 0 rings (SSSR count). The quantitative estimate of drug-likeness (QED) is 0.331. The van der Waals surface area contributed by atoms with Crippen molar-refractivity contribution in [3.05, 3.63) is 10.1 Å². The van der Waals surface area contributed by atoms with Gasteiger partial charge in [-0.25, -0.2) is 0 Å². The first-order valence-corrected chi connectivity index (χ1v) is 6.10. The van der Waals surface area contributed by atoms with Crippen LogP contribution in [0.25, 0.3) is 0 Å². The number of nitrogens with zero attached hydrogens (tertiary/aromatic N) is 1. The molecule has 0 N–H and O–H groups in total. The van der Waals surface area contributed by atoms with Crippen molar-refractivity contribution < 1.29 is 4.92 Å². The van der Waals surface area contributed by atoms with E-state index in [0.717, 1.165) is 0 Å². The lowest BCUT2D eigenvalue weighted by molar-refractivity contribution is -0.534. The molecule has 0 saturated heterocycles. The van der Waals surface area contributed by atoms with E-state index in [9.17, 15) is 10.1 Å². The number of hydrogen-bond acceptors (Lipinski definition) is 2. The first-order chi connectivity index (χ1) is 5.36. The fourth-order valence-electron chi connectivity index (χ4n) is 0.777. The van der Waals surface area contributed by atoms with Gasteiger partial charge in [0.2, 0.25) is 0 Å². The Bertz CT molecular complexity index is 176. The molecule has 0 heterocycles. The molecule has 0 amide bonds. The van der Waals surface area contributed by atoms with Crippen LogP contribution in [0.1, 0.15) is 20.3 Å². The van der Waals surface area contributed by atoms with Crippen molar-refractivity contribution in [3.8, 4) is 0 Å². The Kier molecular flexibility index (Phi) is 5.25. The van der Waals surface area contributed by atoms with Crippen molar-refractivity contribution in [3.63, 3.8) is 0 Å². The van der Waals surface area contributed by atoms with Crippen LogP contribution in [-0.2, 0) is 0 Å². The van der Waals surface area contributed by atoms with Crippen LogP contribution < -0.4 is 0 Å². The number of rotatable bonds is 4. The summed E-state index contributed by atoms with van der Waals surface area (Å²) >= 11 is 9.73. The lowest BCUT2D eigenvalue weighted by Crippen LogP contribution is -2.43. The molecule has 3 unspecified atom stereocenters. The van der Waals surface area contributed by atoms with Gasteiger partial charge in [0.05, 0.1) is 0 Å². The monoisotopic (exact) mass is 365 g/mol. The Morgan fingerprint density at radius 1 is 1.58 bits per heavy atom. The minimum absolute atomic E-state index is 0.0437. The number of halogens is 3. The largest absolute Gasteiger partial charge is 0.287 e. The molecule has 6 heteroatoms. The third-order valence-electron chi connectivity index (χ3n) is 1.63. The van der Waals surface area contributed by atoms with E-state index in [1.54, 1.807) is 6.92 Å². The second kappa shape index (κ2) is 4.91. The van der Waals surface area contributed by atoms with E-state index in [1.807, 2.05) is 6.92 Å². The van der Waals surface area contributed by atoms with E-state index in [0.29, 0.717) is 6.42 Å². The Balaban J connectivity index is 4.63. The lowest BCUT2D eigenvalue weighted by Gasteiger charge is -2.24. The van der Waals surface area contributed by atoms with E-state index < -0.39 is 4.45 Å². The van der Waals surface area contributed by atoms with E-state index in [2.05, 4.69) is 47.8 Å². The summed E-state index contributed by atoms with van der Waals surface area (Å²) in [7, 11) is 0. The topological polar surface area (TPSA) is 43.1 Å². The highest BCUT2D eigenvalue weighted by Crippen LogP contribution is 2.36. The minimum Gasteiger partial charge on any atom is -0.263 e. The first-order valence-electron chi connectivity index (χ1n) is 3.47. The summed E-state index contributed by atoms with van der Waals surface area (Å²) in [5, 5.41) is 10.7. The highest BCUT2D eigenvalue weighted by atomic mass is 79.9. The van der Waals surface area contributed by atoms with Crippen LogP contribution in [0.4, 0.5) is 0 Å². The SMILES string of the molecule is CCC(Br)(C(Br)C(C)Br)[N+](=O)[O-]. The molecule has 0 spiro atoms. The van der Waals surface area contributed by atoms with Gasteiger partial charge in [-0.2, -0.15) is 0 Å². The maximum absolute atomic E-state index is 10.7. The smallest absolute Gasteiger partial charge is 0.263 e. The van der Waals surface area contributed by atoms with Crippen LogP contribution in [0, 0.1) is 10.1 Å². The molecule has 72 valence electrons. The van der Waals surface area contributed by atoms with Crippen molar-refractivity contribution in [1.29, 1.82) is 0 Å². The van der Waals surface area contributed by atoms with Crippen LogP contribution in [0.2, 0.25) is 0 Å². The molecule has 12 heavy (non-hydrogen) atoms. The van der Waals surface area contributed by atoms with Crippen molar-refractivity contribution in [2.24, 2.45) is 0 Å². The number of nitro groups is 1. The standard InChI is InChI=1S/C6H10Br3NO2/c1-3-6(9,10(11)12)5(8)4(2)7/h4-5H,3H2,1-2H3. The fourth-order valence-corrected chi connectivity index (χ4v) is 2.46. The highest BCUT2D eigenvalue weighted by Gasteiger charge is 2.47. The molecule has 3 atom stereocenters. The summed E-state index contributed by atoms with van der Waals surface area (Å²) in [6.07, 6.45) is 0.436. The van der Waals surface area contributed by atoms with Crippen LogP contribution in [0.3, 0.4) is 0 Å². The maximum atomic E-state index is 10.7. The van der Waals surface area contributed by atoms with Gasteiger partial charge in [0.15, 0.2) is 0 Å². The van der Waals surface area contributed by atoms with Crippen molar-refractivity contribution in [2.75, 3.05) is 0 Å². The van der Waals surface area contributed by atoms with E-state index >= 15 is 0 Å². The Morgan fingerprint density at radius 2 is 2.00 bits per heavy atom. The normalized spacial score (nSPS) is 21.1. The molecule has 0 aliphatic heterocycles. The summed E-state index contributed by atoms with van der Waals surface area (Å²) in [4.78, 5) is 10.2. The molecule has 0 saturated carbocycles. The Hall–Kier alpha value is 0.840. The highest BCUT2D eigenvalue weighted by molar-refractivity contribution is 9.13. The Morgan fingerprint density at radius 3 is 2.08 bits per heavy atom. The van der Waals surface area contributed by atoms with Gasteiger partial charge in [-0.3, -0.25) is 10.1 Å². The van der Waals surface area contributed by atoms with Crippen LogP contribution in [0.15, 0.2) is 0 Å². The molecular formula is C6H10Br3NO2. The molecule has 0 aliphatic carbocycles. The summed E-state index contributed by atoms with van der Waals surface area (Å²) in [5.74, 6) is 0. The molecular weight excluding hydrogens is 358 g/mol. The van der Waals surface area contributed by atoms with Gasteiger partial charge < -0.3 is 0 Å². The van der Waals surface area contributed by atoms with Gasteiger partial charge in [-0.1, -0.05) is 45.7 Å². The van der Waals surface area contributed by atoms with Gasteiger partial charge in [0.25, 0.3) is 4.45 Å². The average molecular weight is 368 g/mol. The molecule has 0 aromatic rings. The second-order valence-electron chi connectivity index (χ2n) is 2.51. The van der Waals surface area contributed by atoms with E-state index in [4.69, 9.17) is 0 Å². The van der Waals surface area contributed by atoms with Gasteiger partial charge >= 0.3 is 0 Å². The zero-order valence-electron chi connectivity index (χ0n) is 6.76. The first kappa shape index (κ1) is 12.8. The zero-order chi connectivity index (χ0) is 9.94. The van der Waals surface area contributed by atoms with Crippen molar-refractivity contribution in [1.82, 2.24) is 0 Å². The lowest BCUT2D eigenvalue weighted by atomic mass is 10.1. The third-order valence-corrected chi connectivity index (χ3v) is 6.37. The predicted molar refractivity (Wildman–Crippen MR) is 60.0 cm³/mol. The molecule has 0 aliphatic rings. The van der Waals surface area contributed by atoms with Crippen LogP contribution >= 0.6 is 47.8 Å². The van der Waals surface area contributed by atoms with Gasteiger partial charge in [0, 0.05) is 32.1 Å². The van der Waals surface area contributed by atoms with Crippen molar-refractivity contribution in [2.45, 2.75) is 34.4 Å². The predicted octanol–water partition coefficient (Wildman–Crippen LogP) is 3.31. The second-order valence-corrected chi connectivity index (χ2v) is 6.31. The minimum atomic E-state index is -1.07. The molecule has 3 nitrogen and oxygen atoms in total. The maximum Gasteiger partial charge on any atom is 0.287 e. The van der Waals surface area contributed by atoms with E-state index in [-0.39, 0.29) is 14.6 Å². The van der Waals surface area contributed by atoms with Gasteiger partial charge in [-0.15, -0.1) is 0 Å². The van der Waals surface area contributed by atoms with Gasteiger partial charge in [0.1, 0.15) is 4.83 Å². The molecule has 0 aromatic heterocycles. The zero-order valence-corrected chi connectivity index (χ0v) is 11.5. The van der Waals surface area contributed by atoms with Crippen LogP contribution in [-0.4, -0.2) is 19.0 Å². The average Bonchev–Trinajstić information content (AvgIpc) is 2.01. The number of hydrogen-bond donors (Lipinski definition) is 0. The van der Waals surface area contributed by atoms with Crippen LogP contribution in [0.5, 0.6) is 0 Å². The summed E-state index contributed by atoms with van der Waals surface area (Å²) in [5.41, 5.74) is 0. The summed E-state index contributed by atoms with van der Waals surface area (Å²) in [6.45, 7) is 3.65. The molecule has 0 fully saturated rings. The molecule has 0 radical (unpaired) electrons. The molecule has 0 aromatic carbocycles. The number of alkyl halides is 3. The van der Waals surface area contributed by atoms with E-state index in [1.165, 1.54) is 0 Å². The summed E-state index contributed by atoms with van der Waals surface area (Å²) in [6, 6.07) is 0. The molecule has 0 bridgehead atoms. The summed E-state index contributed by atoms with van der Waals surface area (Å²) < 4.78 is -1.07. The van der Waals surface area contributed by atoms with Crippen molar-refractivity contribution >= 4 is 47.8 Å². The Labute approximate surface area is 96.8 Å². The third kappa shape index (κ3) is 2.67. The fraction of sp³-hybridized carbons (Fsp3) is 1.00.